The molecule has 3 aromatic rings. The van der Waals surface area contributed by atoms with Gasteiger partial charge >= 0.3 is 6.18 Å². The fraction of sp³-hybridized carbons (Fsp3) is 0.167. The molecule has 3 N–H and O–H groups in total. The number of benzene rings is 2. The summed E-state index contributed by atoms with van der Waals surface area (Å²) < 4.78 is 38.7. The Morgan fingerprint density at radius 3 is 2.59 bits per heavy atom. The van der Waals surface area contributed by atoms with Crippen LogP contribution in [0.5, 0.6) is 0 Å². The van der Waals surface area contributed by atoms with Gasteiger partial charge in [-0.1, -0.05) is 12.1 Å². The van der Waals surface area contributed by atoms with Crippen LogP contribution < -0.4 is 10.9 Å². The summed E-state index contributed by atoms with van der Waals surface area (Å²) in [5, 5.41) is 2.99. The Morgan fingerprint density at radius 2 is 1.89 bits per heavy atom. The predicted molar refractivity (Wildman–Crippen MR) is 97.1 cm³/mol. The lowest BCUT2D eigenvalue weighted by molar-refractivity contribution is -0.137. The maximum atomic E-state index is 12.8. The third kappa shape index (κ3) is 4.08. The van der Waals surface area contributed by atoms with Crippen molar-refractivity contribution in [1.29, 1.82) is 0 Å². The van der Waals surface area contributed by atoms with E-state index in [0.29, 0.717) is 16.5 Å². The van der Waals surface area contributed by atoms with Crippen LogP contribution in [0, 0.1) is 4.77 Å². The lowest BCUT2D eigenvalue weighted by Crippen LogP contribution is -2.27. The van der Waals surface area contributed by atoms with E-state index in [0.717, 1.165) is 12.1 Å². The molecule has 0 spiro atoms. The first-order valence-electron chi connectivity index (χ1n) is 7.89. The van der Waals surface area contributed by atoms with Crippen molar-refractivity contribution in [2.24, 2.45) is 0 Å². The number of carbonyl (C=O) groups excluding carboxylic acids is 1. The average Bonchev–Trinajstić information content (AvgIpc) is 2.60. The Kier molecular flexibility index (Phi) is 4.88. The highest BCUT2D eigenvalue weighted by Gasteiger charge is 2.30. The van der Waals surface area contributed by atoms with Gasteiger partial charge in [0.2, 0.25) is 0 Å². The first kappa shape index (κ1) is 18.8. The molecule has 0 fully saturated rings. The lowest BCUT2D eigenvalue weighted by atomic mass is 10.0. The van der Waals surface area contributed by atoms with E-state index in [2.05, 4.69) is 15.3 Å². The molecule has 0 bridgehead atoms. The van der Waals surface area contributed by atoms with Crippen molar-refractivity contribution in [3.63, 3.8) is 0 Å². The van der Waals surface area contributed by atoms with Gasteiger partial charge in [0.25, 0.3) is 11.5 Å². The largest absolute Gasteiger partial charge is 0.416 e. The van der Waals surface area contributed by atoms with Gasteiger partial charge in [0.1, 0.15) is 0 Å². The molecule has 5 nitrogen and oxygen atoms in total. The molecule has 9 heteroatoms. The minimum Gasteiger partial charge on any atom is -0.346 e. The van der Waals surface area contributed by atoms with Crippen LogP contribution in [-0.4, -0.2) is 15.9 Å². The zero-order valence-electron chi connectivity index (χ0n) is 14.0. The third-order valence-corrected chi connectivity index (χ3v) is 4.27. The van der Waals surface area contributed by atoms with Gasteiger partial charge in [-0.2, -0.15) is 13.2 Å². The second kappa shape index (κ2) is 6.99. The van der Waals surface area contributed by atoms with Crippen LogP contribution in [0.25, 0.3) is 10.9 Å². The number of halogens is 3. The Hall–Kier alpha value is -2.94. The molecule has 1 heterocycles. The zero-order chi connectivity index (χ0) is 19.8. The van der Waals surface area contributed by atoms with E-state index in [4.69, 9.17) is 12.2 Å². The van der Waals surface area contributed by atoms with Crippen LogP contribution in [0.15, 0.2) is 47.3 Å². The Bertz CT molecular complexity index is 1130. The number of fused-ring (bicyclic) bond motifs is 1. The molecule has 1 unspecified atom stereocenters. The van der Waals surface area contributed by atoms with Crippen molar-refractivity contribution < 1.29 is 18.0 Å². The van der Waals surface area contributed by atoms with E-state index in [-0.39, 0.29) is 15.9 Å². The summed E-state index contributed by atoms with van der Waals surface area (Å²) in [6.45, 7) is 1.59. The molecule has 2 aromatic carbocycles. The summed E-state index contributed by atoms with van der Waals surface area (Å²) >= 11 is 4.91. The Balaban J connectivity index is 1.86. The van der Waals surface area contributed by atoms with Crippen LogP contribution in [0.3, 0.4) is 0 Å². The van der Waals surface area contributed by atoms with Crippen LogP contribution in [0.4, 0.5) is 13.2 Å². The number of carbonyl (C=O) groups is 1. The van der Waals surface area contributed by atoms with Crippen molar-refractivity contribution in [1.82, 2.24) is 15.3 Å². The topological polar surface area (TPSA) is 77.8 Å². The van der Waals surface area contributed by atoms with Gasteiger partial charge in [-0.05, 0) is 55.0 Å². The average molecular weight is 393 g/mol. The zero-order valence-corrected chi connectivity index (χ0v) is 14.8. The van der Waals surface area contributed by atoms with E-state index >= 15 is 0 Å². The quantitative estimate of drug-likeness (QED) is 0.587. The van der Waals surface area contributed by atoms with E-state index in [9.17, 15) is 22.8 Å². The lowest BCUT2D eigenvalue weighted by Gasteiger charge is -2.16. The fourth-order valence-electron chi connectivity index (χ4n) is 2.66. The van der Waals surface area contributed by atoms with Crippen LogP contribution >= 0.6 is 12.2 Å². The highest BCUT2D eigenvalue weighted by Crippen LogP contribution is 2.30. The molecule has 0 aliphatic rings. The van der Waals surface area contributed by atoms with E-state index in [1.165, 1.54) is 30.3 Å². The summed E-state index contributed by atoms with van der Waals surface area (Å²) in [6, 6.07) is 8.54. The molecule has 1 atom stereocenters. The van der Waals surface area contributed by atoms with E-state index in [1.54, 1.807) is 6.92 Å². The number of H-pyrrole nitrogens is 2. The highest BCUT2D eigenvalue weighted by atomic mass is 32.1. The van der Waals surface area contributed by atoms with Gasteiger partial charge in [0.15, 0.2) is 4.77 Å². The number of aromatic amines is 2. The molecule has 1 aromatic heterocycles. The number of amides is 1. The van der Waals surface area contributed by atoms with Gasteiger partial charge in [-0.3, -0.25) is 14.6 Å². The summed E-state index contributed by atoms with van der Waals surface area (Å²) in [4.78, 5) is 29.5. The monoisotopic (exact) mass is 393 g/mol. The van der Waals surface area contributed by atoms with E-state index in [1.807, 2.05) is 0 Å². The highest BCUT2D eigenvalue weighted by molar-refractivity contribution is 7.71. The first-order chi connectivity index (χ1) is 12.6. The number of aromatic nitrogens is 2. The van der Waals surface area contributed by atoms with Crippen molar-refractivity contribution in [2.75, 3.05) is 0 Å². The second-order valence-corrected chi connectivity index (χ2v) is 6.40. The minimum absolute atomic E-state index is 0.127. The summed E-state index contributed by atoms with van der Waals surface area (Å²) in [5.74, 6) is -0.485. The number of nitrogens with one attached hydrogen (secondary N) is 3. The predicted octanol–water partition coefficient (Wildman–Crippen LogP) is 4.10. The van der Waals surface area contributed by atoms with Crippen molar-refractivity contribution in [2.45, 2.75) is 19.1 Å². The summed E-state index contributed by atoms with van der Waals surface area (Å²) in [6.07, 6.45) is -4.46. The smallest absolute Gasteiger partial charge is 0.346 e. The van der Waals surface area contributed by atoms with Gasteiger partial charge < -0.3 is 10.3 Å². The number of hydrogen-bond acceptors (Lipinski definition) is 3. The normalized spacial score (nSPS) is 12.7. The molecular weight excluding hydrogens is 379 g/mol. The molecule has 0 saturated heterocycles. The Morgan fingerprint density at radius 1 is 1.15 bits per heavy atom. The van der Waals surface area contributed by atoms with Gasteiger partial charge in [0, 0.05) is 5.56 Å². The van der Waals surface area contributed by atoms with Crippen LogP contribution in [-0.2, 0) is 6.18 Å². The standard InChI is InChI=1S/C18H14F3N3O2S/c1-9(10-3-2-4-12(7-10)18(19,20)21)22-15(25)11-5-6-13-14(8-11)23-17(27)24-16(13)26/h2-9H,1H3,(H,22,25)(H2,23,24,26,27). The summed E-state index contributed by atoms with van der Waals surface area (Å²) in [7, 11) is 0. The van der Waals surface area contributed by atoms with Gasteiger partial charge in [-0.15, -0.1) is 0 Å². The minimum atomic E-state index is -4.46. The molecule has 0 aliphatic carbocycles. The van der Waals surface area contributed by atoms with Gasteiger partial charge in [0.05, 0.1) is 22.5 Å². The SMILES string of the molecule is CC(NC(=O)c1ccc2c(=O)[nH]c(=S)[nH]c2c1)c1cccc(C(F)(F)F)c1. The molecule has 140 valence electrons. The molecule has 0 radical (unpaired) electrons. The van der Waals surface area contributed by atoms with Crippen LogP contribution in [0.2, 0.25) is 0 Å². The van der Waals surface area contributed by atoms with Crippen molar-refractivity contribution >= 4 is 29.0 Å². The maximum Gasteiger partial charge on any atom is 0.416 e. The number of hydrogen-bond donors (Lipinski definition) is 3. The van der Waals surface area contributed by atoms with Crippen molar-refractivity contribution in [3.05, 3.63) is 74.3 Å². The summed E-state index contributed by atoms with van der Waals surface area (Å²) in [5.41, 5.74) is -0.188. The molecule has 27 heavy (non-hydrogen) atoms. The van der Waals surface area contributed by atoms with Crippen LogP contribution in [0.1, 0.15) is 34.5 Å². The molecule has 1 amide bonds. The first-order valence-corrected chi connectivity index (χ1v) is 8.30. The molecule has 3 rings (SSSR count). The molecular formula is C18H14F3N3O2S. The molecule has 0 saturated carbocycles. The third-order valence-electron chi connectivity index (χ3n) is 4.06. The Labute approximate surface area is 156 Å². The fourth-order valence-corrected chi connectivity index (χ4v) is 2.86. The second-order valence-electron chi connectivity index (χ2n) is 5.99. The van der Waals surface area contributed by atoms with E-state index < -0.39 is 23.7 Å². The van der Waals surface area contributed by atoms with Crippen molar-refractivity contribution in [3.8, 4) is 0 Å². The maximum absolute atomic E-state index is 12.8. The number of rotatable bonds is 3. The molecule has 0 aliphatic heterocycles. The number of alkyl halides is 3. The van der Waals surface area contributed by atoms with Gasteiger partial charge in [-0.25, -0.2) is 0 Å².